The van der Waals surface area contributed by atoms with Crippen LogP contribution in [0.4, 0.5) is 0 Å². The molecule has 97 heavy (non-hydrogen) atoms. The molecule has 14 rings (SSSR count). The second kappa shape index (κ2) is 31.6. The second-order valence-corrected chi connectivity index (χ2v) is 34.8. The molecule has 8 fully saturated rings. The number of carbonyl (C=O) groups excluding carboxylic acids is 6. The molecule has 0 heterocycles. The van der Waals surface area contributed by atoms with Crippen molar-refractivity contribution < 1.29 is 69.6 Å². The van der Waals surface area contributed by atoms with Crippen molar-refractivity contribution in [2.45, 2.75) is 157 Å². The van der Waals surface area contributed by atoms with Gasteiger partial charge in [-0.15, -0.1) is 0 Å². The summed E-state index contributed by atoms with van der Waals surface area (Å²) < 4.78 is 0. The molecule has 13 heteroatoms. The molecular weight excluding hydrogens is 1430 g/mol. The minimum absolute atomic E-state index is 0. The average molecular weight is 1520 g/mol. The van der Waals surface area contributed by atoms with Gasteiger partial charge in [-0.05, 0) is 169 Å². The number of benzene rings is 6. The summed E-state index contributed by atoms with van der Waals surface area (Å²) in [6, 6.07) is 64.7. The van der Waals surface area contributed by atoms with E-state index in [1.807, 2.05) is 0 Å². The quantitative estimate of drug-likeness (QED) is 0.0998. The molecule has 514 valence electrons. The van der Waals surface area contributed by atoms with E-state index in [0.717, 1.165) is 38.5 Å². The number of ketones is 6. The zero-order chi connectivity index (χ0) is 68.1. The summed E-state index contributed by atoms with van der Waals surface area (Å²) in [6.07, 6.45) is 10.7. The minimum Gasteiger partial charge on any atom is -0.481 e. The Balaban J connectivity index is 0.000000143. The van der Waals surface area contributed by atoms with Gasteiger partial charge in [0.15, 0.2) is 0 Å². The van der Waals surface area contributed by atoms with E-state index in [0.29, 0.717) is 64.2 Å². The molecule has 8 aliphatic carbocycles. The SMILES string of the molecule is C[C@H](CCC(=O)O)[C@H]1CCC2C3C(=O)C[C@@H]4CC(=O)CC[C@]4(C)C3CC(=O)[C@@]21C.C[C@H](CCC(=O)O)[C@H]1CCC2C3C(=O)C[C@@H]4CC(=O)CC[C@]4(C)C3CC(=O)[C@@]21C.[Pt].c1ccc(P(c2ccccc2)c2ccccc2)cc1.c1ccc(P(c2ccccc2)c2ccccc2)cc1. The molecule has 16 atom stereocenters. The van der Waals surface area contributed by atoms with Crippen LogP contribution in [0.3, 0.4) is 0 Å². The van der Waals surface area contributed by atoms with Crippen LogP contribution in [0.1, 0.15) is 157 Å². The summed E-state index contributed by atoms with van der Waals surface area (Å²) in [4.78, 5) is 100.0. The fourth-order valence-electron chi connectivity index (χ4n) is 20.2. The number of aliphatic carboxylic acids is 2. The van der Waals surface area contributed by atoms with Crippen molar-refractivity contribution in [3.05, 3.63) is 182 Å². The van der Waals surface area contributed by atoms with Crippen LogP contribution in [0.15, 0.2) is 182 Å². The van der Waals surface area contributed by atoms with Crippen LogP contribution in [0.5, 0.6) is 0 Å². The summed E-state index contributed by atoms with van der Waals surface area (Å²) in [5.74, 6) is 1.05. The first kappa shape index (κ1) is 73.5. The van der Waals surface area contributed by atoms with Gasteiger partial charge in [0, 0.05) is 108 Å². The van der Waals surface area contributed by atoms with Crippen molar-refractivity contribution in [1.82, 2.24) is 0 Å². The van der Waals surface area contributed by atoms with Crippen molar-refractivity contribution in [3.8, 4) is 0 Å². The van der Waals surface area contributed by atoms with E-state index in [4.69, 9.17) is 10.2 Å². The molecule has 8 aliphatic rings. The van der Waals surface area contributed by atoms with Gasteiger partial charge >= 0.3 is 11.9 Å². The Hall–Kier alpha value is -6.17. The molecule has 6 aromatic carbocycles. The van der Waals surface area contributed by atoms with E-state index in [1.54, 1.807) is 0 Å². The van der Waals surface area contributed by atoms with Gasteiger partial charge < -0.3 is 10.2 Å². The normalized spacial score (nSPS) is 31.3. The van der Waals surface area contributed by atoms with E-state index in [9.17, 15) is 38.4 Å². The minimum atomic E-state index is -0.792. The van der Waals surface area contributed by atoms with E-state index >= 15 is 0 Å². The molecule has 0 amide bonds. The number of carboxylic acid groups (broad SMARTS) is 2. The van der Waals surface area contributed by atoms with Crippen molar-refractivity contribution in [1.29, 1.82) is 0 Å². The molecule has 6 unspecified atom stereocenters. The van der Waals surface area contributed by atoms with Crippen LogP contribution in [-0.4, -0.2) is 56.9 Å². The zero-order valence-corrected chi connectivity index (χ0v) is 61.4. The van der Waals surface area contributed by atoms with Crippen LogP contribution in [0, 0.1) is 92.7 Å². The van der Waals surface area contributed by atoms with E-state index in [-0.39, 0.29) is 150 Å². The van der Waals surface area contributed by atoms with Gasteiger partial charge in [0.05, 0.1) is 0 Å². The topological polar surface area (TPSA) is 177 Å². The number of hydrogen-bond acceptors (Lipinski definition) is 8. The number of hydrogen-bond donors (Lipinski definition) is 2. The summed E-state index contributed by atoms with van der Waals surface area (Å²) in [6.45, 7) is 12.7. The van der Waals surface area contributed by atoms with E-state index in [2.05, 4.69) is 224 Å². The van der Waals surface area contributed by atoms with Gasteiger partial charge in [-0.2, -0.15) is 0 Å². The predicted octanol–water partition coefficient (Wildman–Crippen LogP) is 15.0. The molecule has 2 N–H and O–H groups in total. The standard InChI is InChI=1S/2C24H34O5.2C18H15P.Pt/c2*1-13(4-7-21(28)29)16-5-6-17-22-18(12-20(27)24(16,17)3)23(2)9-8-15(25)10-14(23)11-19(22)26;2*1-4-10-16(11-5-1)19(17-12-6-2-7-13-17)18-14-8-3-9-15-18;/h2*13-14,16-18,22H,4-12H2,1-3H3,(H,28,29);2*1-15H;/t2*13-,14+,16-,17?,18?,22?,23+,24-;;;/m11.../s1. The second-order valence-electron chi connectivity index (χ2n) is 30.4. The Kier molecular flexibility index (Phi) is 23.9. The first-order valence-corrected chi connectivity index (χ1v) is 38.3. The Labute approximate surface area is 591 Å². The number of carboxylic acids is 2. The van der Waals surface area contributed by atoms with Crippen molar-refractivity contribution >= 4 is 94.3 Å². The Bertz CT molecular complexity index is 3310. The monoisotopic (exact) mass is 1520 g/mol. The molecule has 0 spiro atoms. The Morgan fingerprint density at radius 3 is 0.928 bits per heavy atom. The van der Waals surface area contributed by atoms with Crippen LogP contribution < -0.4 is 31.8 Å². The van der Waals surface area contributed by atoms with Gasteiger partial charge in [0.1, 0.15) is 34.7 Å². The average Bonchev–Trinajstić information content (AvgIpc) is 1.39. The maximum Gasteiger partial charge on any atom is 0.303 e. The van der Waals surface area contributed by atoms with Crippen LogP contribution in [0.25, 0.3) is 0 Å². The molecular formula is C84H98O10P2Pt. The summed E-state index contributed by atoms with van der Waals surface area (Å²) in [7, 11) is -0.892. The molecule has 0 aromatic heterocycles. The molecule has 0 saturated heterocycles. The third-order valence-electron chi connectivity index (χ3n) is 25.5. The molecule has 6 aromatic rings. The summed E-state index contributed by atoms with van der Waals surface area (Å²) in [5, 5.41) is 26.5. The Morgan fingerprint density at radius 1 is 0.402 bits per heavy atom. The zero-order valence-electron chi connectivity index (χ0n) is 57.3. The van der Waals surface area contributed by atoms with E-state index < -0.39 is 38.6 Å². The summed E-state index contributed by atoms with van der Waals surface area (Å²) in [5.41, 5.74) is -1.20. The van der Waals surface area contributed by atoms with Crippen LogP contribution >= 0.6 is 15.8 Å². The molecule has 10 nitrogen and oxygen atoms in total. The largest absolute Gasteiger partial charge is 0.481 e. The van der Waals surface area contributed by atoms with Crippen LogP contribution in [-0.2, 0) is 59.4 Å². The van der Waals surface area contributed by atoms with Gasteiger partial charge in [0.25, 0.3) is 0 Å². The molecule has 8 saturated carbocycles. The smallest absolute Gasteiger partial charge is 0.303 e. The third-order valence-corrected chi connectivity index (χ3v) is 30.4. The molecule has 0 bridgehead atoms. The number of carbonyl (C=O) groups is 8. The summed E-state index contributed by atoms with van der Waals surface area (Å²) >= 11 is 0. The first-order chi connectivity index (χ1) is 46.1. The molecule has 0 radical (unpaired) electrons. The van der Waals surface area contributed by atoms with Crippen LogP contribution in [0.2, 0.25) is 0 Å². The maximum absolute atomic E-state index is 13.6. The van der Waals surface area contributed by atoms with Gasteiger partial charge in [-0.25, -0.2) is 0 Å². The number of fused-ring (bicyclic) bond motifs is 10. The fourth-order valence-corrected chi connectivity index (χ4v) is 24.9. The van der Waals surface area contributed by atoms with Gasteiger partial charge in [0.2, 0.25) is 0 Å². The number of Topliss-reactive ketones (excluding diaryl/α,β-unsaturated/α-hetero) is 6. The van der Waals surface area contributed by atoms with E-state index in [1.165, 1.54) is 31.8 Å². The number of rotatable bonds is 14. The van der Waals surface area contributed by atoms with Crippen molar-refractivity contribution in [2.24, 2.45) is 92.7 Å². The third kappa shape index (κ3) is 15.2. The van der Waals surface area contributed by atoms with Crippen molar-refractivity contribution in [2.75, 3.05) is 0 Å². The van der Waals surface area contributed by atoms with Gasteiger partial charge in [-0.3, -0.25) is 38.4 Å². The fraction of sp³-hybridized carbons (Fsp3) is 0.476. The van der Waals surface area contributed by atoms with Gasteiger partial charge in [-0.1, -0.05) is 224 Å². The first-order valence-electron chi connectivity index (χ1n) is 35.6. The Morgan fingerprint density at radius 2 is 0.670 bits per heavy atom. The maximum atomic E-state index is 13.6. The van der Waals surface area contributed by atoms with Crippen molar-refractivity contribution in [3.63, 3.8) is 0 Å². The predicted molar refractivity (Wildman–Crippen MR) is 384 cm³/mol. The molecule has 0 aliphatic heterocycles.